The van der Waals surface area contributed by atoms with Gasteiger partial charge in [-0.25, -0.2) is 0 Å². The van der Waals surface area contributed by atoms with Gasteiger partial charge in [0.2, 0.25) is 0 Å². The van der Waals surface area contributed by atoms with Gasteiger partial charge in [-0.15, -0.1) is 0 Å². The Bertz CT molecular complexity index is 560. The van der Waals surface area contributed by atoms with Gasteiger partial charge in [0.05, 0.1) is 0 Å². The highest BCUT2D eigenvalue weighted by molar-refractivity contribution is 6.64. The fraction of sp³-hybridized carbons (Fsp3) is 0.750. The van der Waals surface area contributed by atoms with Crippen molar-refractivity contribution in [2.45, 2.75) is 90.9 Å². The zero-order valence-corrected chi connectivity index (χ0v) is 19.3. The minimum absolute atomic E-state index is 0.225. The van der Waals surface area contributed by atoms with E-state index in [2.05, 4.69) is 26.0 Å². The van der Waals surface area contributed by atoms with Gasteiger partial charge in [0.15, 0.2) is 0 Å². The summed E-state index contributed by atoms with van der Waals surface area (Å²) >= 11 is 0. The van der Waals surface area contributed by atoms with Crippen LogP contribution in [0.1, 0.15) is 89.2 Å². The van der Waals surface area contributed by atoms with Crippen molar-refractivity contribution < 1.29 is 18.6 Å². The van der Waals surface area contributed by atoms with E-state index < -0.39 is 0 Å². The molecule has 0 aromatic heterocycles. The van der Waals surface area contributed by atoms with Crippen LogP contribution < -0.4 is 10.9 Å². The fourth-order valence-corrected chi connectivity index (χ4v) is 4.42. The maximum absolute atomic E-state index is 6.03. The van der Waals surface area contributed by atoms with Crippen molar-refractivity contribution in [1.29, 1.82) is 0 Å². The maximum atomic E-state index is 6.03. The molecule has 2 aliphatic rings. The molecule has 0 saturated carbocycles. The molecule has 4 nitrogen and oxygen atoms in total. The zero-order chi connectivity index (χ0) is 21.0. The van der Waals surface area contributed by atoms with Crippen LogP contribution in [-0.4, -0.2) is 40.7 Å². The molecule has 2 heterocycles. The molecular formula is C24H40B2O4. The van der Waals surface area contributed by atoms with Gasteiger partial charge in [-0.2, -0.15) is 0 Å². The summed E-state index contributed by atoms with van der Waals surface area (Å²) in [5.74, 6) is 0. The van der Waals surface area contributed by atoms with Crippen LogP contribution in [0.15, 0.2) is 12.1 Å². The van der Waals surface area contributed by atoms with E-state index in [1.165, 1.54) is 73.4 Å². The maximum Gasteiger partial charge on any atom is 0.494 e. The molecule has 30 heavy (non-hydrogen) atoms. The average Bonchev–Trinajstić information content (AvgIpc) is 2.81. The van der Waals surface area contributed by atoms with Crippen molar-refractivity contribution in [2.75, 3.05) is 26.4 Å². The highest BCUT2D eigenvalue weighted by atomic mass is 16.6. The third-order valence-corrected chi connectivity index (χ3v) is 6.16. The molecule has 2 saturated heterocycles. The fourth-order valence-electron chi connectivity index (χ4n) is 4.42. The van der Waals surface area contributed by atoms with Crippen LogP contribution in [-0.2, 0) is 31.5 Å². The first-order chi connectivity index (χ1) is 14.8. The van der Waals surface area contributed by atoms with Gasteiger partial charge in [0.25, 0.3) is 0 Å². The first-order valence-electron chi connectivity index (χ1n) is 12.5. The molecule has 2 fully saturated rings. The van der Waals surface area contributed by atoms with E-state index >= 15 is 0 Å². The van der Waals surface area contributed by atoms with Crippen LogP contribution in [0.5, 0.6) is 0 Å². The van der Waals surface area contributed by atoms with E-state index in [9.17, 15) is 0 Å². The van der Waals surface area contributed by atoms with Gasteiger partial charge in [0.1, 0.15) is 0 Å². The molecule has 0 unspecified atom stereocenters. The molecule has 0 N–H and O–H groups in total. The second kappa shape index (κ2) is 13.6. The third-order valence-electron chi connectivity index (χ3n) is 6.16. The molecule has 2 aliphatic heterocycles. The topological polar surface area (TPSA) is 36.9 Å². The van der Waals surface area contributed by atoms with Crippen LogP contribution >= 0.6 is 0 Å². The van der Waals surface area contributed by atoms with Gasteiger partial charge in [-0.3, -0.25) is 0 Å². The van der Waals surface area contributed by atoms with Gasteiger partial charge >= 0.3 is 14.2 Å². The Morgan fingerprint density at radius 1 is 0.600 bits per heavy atom. The standard InChI is InChI=1S/C24H40B2O4/c1-3-5-7-9-13-21-19-24(26-29-17-12-18-30-26)22(14-10-8-6-4-2)20-23(21)25-27-15-11-16-28-25/h19-20H,3-18H2,1-2H3. The van der Waals surface area contributed by atoms with E-state index in [-0.39, 0.29) is 14.2 Å². The summed E-state index contributed by atoms with van der Waals surface area (Å²) in [6.45, 7) is 7.64. The summed E-state index contributed by atoms with van der Waals surface area (Å²) in [6.07, 6.45) is 14.1. The minimum Gasteiger partial charge on any atom is -0.407 e. The molecule has 0 amide bonds. The van der Waals surface area contributed by atoms with E-state index in [4.69, 9.17) is 18.6 Å². The van der Waals surface area contributed by atoms with Crippen LogP contribution in [0, 0.1) is 0 Å². The van der Waals surface area contributed by atoms with Crippen molar-refractivity contribution in [2.24, 2.45) is 0 Å². The summed E-state index contributed by atoms with van der Waals surface area (Å²) in [4.78, 5) is 0. The summed E-state index contributed by atoms with van der Waals surface area (Å²) in [6, 6.07) is 4.71. The van der Waals surface area contributed by atoms with Crippen molar-refractivity contribution in [1.82, 2.24) is 0 Å². The molecule has 0 spiro atoms. The second-order valence-corrected chi connectivity index (χ2v) is 8.73. The first-order valence-corrected chi connectivity index (χ1v) is 12.5. The molecule has 1 aromatic rings. The predicted octanol–water partition coefficient (Wildman–Crippen LogP) is 4.20. The van der Waals surface area contributed by atoms with Crippen LogP contribution in [0.3, 0.4) is 0 Å². The number of benzene rings is 1. The largest absolute Gasteiger partial charge is 0.494 e. The van der Waals surface area contributed by atoms with Crippen LogP contribution in [0.25, 0.3) is 0 Å². The SMILES string of the molecule is CCCCCCc1cc(B2OCCCO2)c(CCCCCC)cc1B1OCCCO1. The highest BCUT2D eigenvalue weighted by Gasteiger charge is 2.32. The van der Waals surface area contributed by atoms with E-state index in [0.717, 1.165) is 52.1 Å². The molecule has 0 bridgehead atoms. The lowest BCUT2D eigenvalue weighted by Gasteiger charge is -2.26. The van der Waals surface area contributed by atoms with Gasteiger partial charge < -0.3 is 18.6 Å². The number of hydrogen-bond acceptors (Lipinski definition) is 4. The Kier molecular flexibility index (Phi) is 10.8. The van der Waals surface area contributed by atoms with Gasteiger partial charge in [0, 0.05) is 26.4 Å². The Labute approximate surface area is 184 Å². The molecule has 0 aliphatic carbocycles. The van der Waals surface area contributed by atoms with Gasteiger partial charge in [-0.1, -0.05) is 64.5 Å². The Morgan fingerprint density at radius 3 is 1.37 bits per heavy atom. The molecular weight excluding hydrogens is 374 g/mol. The summed E-state index contributed by atoms with van der Waals surface area (Å²) in [5, 5.41) is 0. The lowest BCUT2D eigenvalue weighted by molar-refractivity contribution is 0.142. The van der Waals surface area contributed by atoms with Crippen molar-refractivity contribution in [3.8, 4) is 0 Å². The zero-order valence-electron chi connectivity index (χ0n) is 19.3. The van der Waals surface area contributed by atoms with E-state index in [0.29, 0.717) is 0 Å². The Morgan fingerprint density at radius 2 is 1.00 bits per heavy atom. The normalized spacial score (nSPS) is 17.5. The quantitative estimate of drug-likeness (QED) is 0.380. The number of unbranched alkanes of at least 4 members (excludes halogenated alkanes) is 6. The summed E-state index contributed by atoms with van der Waals surface area (Å²) in [7, 11) is -0.451. The second-order valence-electron chi connectivity index (χ2n) is 8.73. The number of rotatable bonds is 12. The number of hydrogen-bond donors (Lipinski definition) is 0. The molecule has 1 aromatic carbocycles. The van der Waals surface area contributed by atoms with Crippen LogP contribution in [0.2, 0.25) is 0 Å². The lowest BCUT2D eigenvalue weighted by Crippen LogP contribution is -2.47. The molecule has 166 valence electrons. The monoisotopic (exact) mass is 414 g/mol. The number of aryl methyl sites for hydroxylation is 2. The van der Waals surface area contributed by atoms with Crippen molar-refractivity contribution >= 4 is 25.2 Å². The van der Waals surface area contributed by atoms with Crippen molar-refractivity contribution in [3.05, 3.63) is 23.3 Å². The molecule has 6 heteroatoms. The van der Waals surface area contributed by atoms with Crippen LogP contribution in [0.4, 0.5) is 0 Å². The average molecular weight is 414 g/mol. The Balaban J connectivity index is 1.86. The molecule has 3 rings (SSSR count). The highest BCUT2D eigenvalue weighted by Crippen LogP contribution is 2.16. The first kappa shape index (κ1) is 23.8. The summed E-state index contributed by atoms with van der Waals surface area (Å²) < 4.78 is 24.1. The predicted molar refractivity (Wildman–Crippen MR) is 126 cm³/mol. The Hall–Kier alpha value is -0.810. The molecule has 0 radical (unpaired) electrons. The van der Waals surface area contributed by atoms with E-state index in [1.807, 2.05) is 0 Å². The summed E-state index contributed by atoms with van der Waals surface area (Å²) in [5.41, 5.74) is 5.17. The minimum atomic E-state index is -0.225. The smallest absolute Gasteiger partial charge is 0.407 e. The molecule has 0 atom stereocenters. The van der Waals surface area contributed by atoms with Crippen molar-refractivity contribution in [3.63, 3.8) is 0 Å². The third kappa shape index (κ3) is 7.12. The lowest BCUT2D eigenvalue weighted by atomic mass is 9.67. The van der Waals surface area contributed by atoms with E-state index in [1.54, 1.807) is 0 Å². The van der Waals surface area contributed by atoms with Gasteiger partial charge in [-0.05, 0) is 60.6 Å².